The minimum Gasteiger partial charge on any atom is -0.373 e. The fourth-order valence-electron chi connectivity index (χ4n) is 5.20. The molecule has 0 aromatic heterocycles. The van der Waals surface area contributed by atoms with Crippen molar-refractivity contribution in [2.75, 3.05) is 76.3 Å². The molecule has 0 spiro atoms. The zero-order chi connectivity index (χ0) is 28.6. The van der Waals surface area contributed by atoms with E-state index >= 15 is 0 Å². The van der Waals surface area contributed by atoms with Crippen LogP contribution in [0.4, 0.5) is 11.4 Å². The van der Waals surface area contributed by atoms with E-state index in [1.54, 1.807) is 0 Å². The van der Waals surface area contributed by atoms with Gasteiger partial charge in [-0.05, 0) is 89.8 Å². The van der Waals surface area contributed by atoms with E-state index in [2.05, 4.69) is 75.2 Å². The SMILES string of the molecule is CCN(C)CCCCN(CCCN(CC)CCCCN(C)c1c(C(C)(C)C)c(=S)c1=S)c1c(C)c(=S)c1=S. The largest absolute Gasteiger partial charge is 0.373 e. The van der Waals surface area contributed by atoms with Gasteiger partial charge in [0.25, 0.3) is 0 Å². The second kappa shape index (κ2) is 15.4. The average Bonchev–Trinajstić information content (AvgIpc) is 2.88. The molecule has 0 saturated carbocycles. The zero-order valence-electron chi connectivity index (χ0n) is 25.1. The summed E-state index contributed by atoms with van der Waals surface area (Å²) in [6, 6.07) is 0. The molecule has 0 unspecified atom stereocenters. The lowest BCUT2D eigenvalue weighted by Gasteiger charge is -2.32. The van der Waals surface area contributed by atoms with Crippen molar-refractivity contribution in [2.24, 2.45) is 0 Å². The molecule has 0 atom stereocenters. The van der Waals surface area contributed by atoms with Crippen LogP contribution in [0, 0.1) is 25.0 Å². The maximum atomic E-state index is 5.63. The fourth-order valence-corrected chi connectivity index (χ4v) is 6.69. The maximum absolute atomic E-state index is 5.63. The van der Waals surface area contributed by atoms with Crippen molar-refractivity contribution in [1.29, 1.82) is 0 Å². The zero-order valence-corrected chi connectivity index (χ0v) is 28.4. The second-order valence-corrected chi connectivity index (χ2v) is 13.4. The van der Waals surface area contributed by atoms with Gasteiger partial charge in [-0.15, -0.1) is 0 Å². The Hall–Kier alpha value is -0.640. The van der Waals surface area contributed by atoms with E-state index in [0.29, 0.717) is 0 Å². The van der Waals surface area contributed by atoms with Gasteiger partial charge < -0.3 is 19.6 Å². The van der Waals surface area contributed by atoms with E-state index in [1.807, 2.05) is 0 Å². The third-order valence-electron chi connectivity index (χ3n) is 7.78. The van der Waals surface area contributed by atoms with Gasteiger partial charge in [0.2, 0.25) is 0 Å². The summed E-state index contributed by atoms with van der Waals surface area (Å²) in [6.45, 7) is 22.0. The first-order valence-electron chi connectivity index (χ1n) is 14.4. The number of nitrogens with zero attached hydrogens (tertiary/aromatic N) is 4. The highest BCUT2D eigenvalue weighted by Crippen LogP contribution is 2.39. The van der Waals surface area contributed by atoms with E-state index in [0.717, 1.165) is 83.2 Å². The minimum absolute atomic E-state index is 0.0461. The van der Waals surface area contributed by atoms with Crippen molar-refractivity contribution in [1.82, 2.24) is 9.80 Å². The smallest absolute Gasteiger partial charge is 0.0798 e. The topological polar surface area (TPSA) is 13.0 Å². The van der Waals surface area contributed by atoms with Crippen molar-refractivity contribution >= 4 is 60.2 Å². The van der Waals surface area contributed by atoms with E-state index < -0.39 is 0 Å². The van der Waals surface area contributed by atoms with Crippen LogP contribution >= 0.6 is 48.9 Å². The quantitative estimate of drug-likeness (QED) is 0.125. The van der Waals surface area contributed by atoms with Gasteiger partial charge in [0, 0.05) is 32.2 Å². The lowest BCUT2D eigenvalue weighted by atomic mass is 9.83. The van der Waals surface area contributed by atoms with Crippen LogP contribution in [0.15, 0.2) is 0 Å². The van der Waals surface area contributed by atoms with Gasteiger partial charge in [-0.2, -0.15) is 0 Å². The second-order valence-electron chi connectivity index (χ2n) is 11.8. The third kappa shape index (κ3) is 8.68. The highest BCUT2D eigenvalue weighted by molar-refractivity contribution is 7.74. The van der Waals surface area contributed by atoms with Crippen molar-refractivity contribution < 1.29 is 0 Å². The van der Waals surface area contributed by atoms with Crippen molar-refractivity contribution in [2.45, 2.75) is 79.1 Å². The molecule has 8 heteroatoms. The first-order chi connectivity index (χ1) is 17.8. The van der Waals surface area contributed by atoms with Gasteiger partial charge in [-0.1, -0.05) is 83.5 Å². The molecule has 0 N–H and O–H groups in total. The van der Waals surface area contributed by atoms with Crippen LogP contribution in [0.3, 0.4) is 0 Å². The number of hydrogen-bond donors (Lipinski definition) is 0. The van der Waals surface area contributed by atoms with Gasteiger partial charge in [-0.3, -0.25) is 0 Å². The van der Waals surface area contributed by atoms with Gasteiger partial charge in [0.15, 0.2) is 0 Å². The van der Waals surface area contributed by atoms with Crippen LogP contribution in [-0.2, 0) is 5.41 Å². The number of rotatable bonds is 18. The summed E-state index contributed by atoms with van der Waals surface area (Å²) in [5.74, 6) is 0. The Kier molecular flexibility index (Phi) is 13.6. The van der Waals surface area contributed by atoms with Crippen LogP contribution in [-0.4, -0.2) is 76.3 Å². The summed E-state index contributed by atoms with van der Waals surface area (Å²) in [5.41, 5.74) is 4.95. The molecule has 0 fully saturated rings. The van der Waals surface area contributed by atoms with Crippen molar-refractivity contribution in [3.05, 3.63) is 29.2 Å². The summed E-state index contributed by atoms with van der Waals surface area (Å²) >= 11 is 22.2. The van der Waals surface area contributed by atoms with E-state index in [-0.39, 0.29) is 5.41 Å². The fraction of sp³-hybridized carbons (Fsp3) is 0.733. The van der Waals surface area contributed by atoms with E-state index in [1.165, 1.54) is 41.8 Å². The number of hydrogen-bond acceptors (Lipinski definition) is 8. The molecule has 4 nitrogen and oxygen atoms in total. The molecule has 2 rings (SSSR count). The third-order valence-corrected chi connectivity index (χ3v) is 9.75. The number of anilines is 2. The Balaban J connectivity index is 1.82. The predicted octanol–water partition coefficient (Wildman–Crippen LogP) is 8.13. The molecule has 0 saturated heterocycles. The summed E-state index contributed by atoms with van der Waals surface area (Å²) in [5, 5.41) is 0. The molecule has 0 aliphatic carbocycles. The maximum Gasteiger partial charge on any atom is 0.0798 e. The van der Waals surface area contributed by atoms with Crippen LogP contribution < -0.4 is 9.80 Å². The number of unbranched alkanes of at least 4 members (excludes halogenated alkanes) is 2. The van der Waals surface area contributed by atoms with Gasteiger partial charge in [-0.25, -0.2) is 0 Å². The first kappa shape index (κ1) is 33.6. The highest BCUT2D eigenvalue weighted by atomic mass is 32.1. The molecule has 0 aliphatic heterocycles. The molecular weight excluding hydrogens is 545 g/mol. The standard InChI is InChI=1S/C30H50N4S4/c1-9-31(7)16-11-14-20-34(24-22(3)26(35)28(24)37)21-15-19-33(10-2)18-13-12-17-32(8)25-23(30(4,5)6)27(36)29(25)38/h9-21H2,1-8H3. The Labute approximate surface area is 253 Å². The Morgan fingerprint density at radius 2 is 1.13 bits per heavy atom. The summed E-state index contributed by atoms with van der Waals surface area (Å²) in [7, 11) is 4.36. The molecule has 0 bridgehead atoms. The molecule has 0 aliphatic rings. The molecule has 0 heterocycles. The van der Waals surface area contributed by atoms with E-state index in [4.69, 9.17) is 48.9 Å². The molecule has 0 radical (unpaired) electrons. The van der Waals surface area contributed by atoms with Crippen LogP contribution in [0.25, 0.3) is 0 Å². The van der Waals surface area contributed by atoms with Crippen molar-refractivity contribution in [3.8, 4) is 0 Å². The van der Waals surface area contributed by atoms with Crippen LogP contribution in [0.2, 0.25) is 0 Å². The van der Waals surface area contributed by atoms with Gasteiger partial charge >= 0.3 is 0 Å². The normalized spacial score (nSPS) is 12.4. The predicted molar refractivity (Wildman–Crippen MR) is 178 cm³/mol. The Bertz CT molecular complexity index is 1170. The first-order valence-corrected chi connectivity index (χ1v) is 16.0. The average molecular weight is 595 g/mol. The molecule has 0 amide bonds. The molecule has 2 aromatic carbocycles. The van der Waals surface area contributed by atoms with Crippen LogP contribution in [0.1, 0.15) is 77.8 Å². The highest BCUT2D eigenvalue weighted by Gasteiger charge is 2.27. The molecular formula is C30H50N4S4. The lowest BCUT2D eigenvalue weighted by molar-refractivity contribution is 0.279. The monoisotopic (exact) mass is 594 g/mol. The summed E-state index contributed by atoms with van der Waals surface area (Å²) in [6.07, 6.45) is 5.88. The van der Waals surface area contributed by atoms with Gasteiger partial charge in [0.05, 0.1) is 29.4 Å². The minimum atomic E-state index is 0.0461. The molecule has 214 valence electrons. The Morgan fingerprint density at radius 1 is 0.605 bits per heavy atom. The molecule has 2 aromatic rings. The Morgan fingerprint density at radius 3 is 1.71 bits per heavy atom. The van der Waals surface area contributed by atoms with E-state index in [9.17, 15) is 0 Å². The summed E-state index contributed by atoms with van der Waals surface area (Å²) in [4.78, 5) is 9.80. The van der Waals surface area contributed by atoms with Crippen molar-refractivity contribution in [3.63, 3.8) is 0 Å². The van der Waals surface area contributed by atoms with Crippen LogP contribution in [0.5, 0.6) is 0 Å². The lowest BCUT2D eigenvalue weighted by Crippen LogP contribution is -2.33. The molecule has 38 heavy (non-hydrogen) atoms. The van der Waals surface area contributed by atoms with Gasteiger partial charge in [0.1, 0.15) is 0 Å². The summed E-state index contributed by atoms with van der Waals surface area (Å²) < 4.78 is 3.56.